The first-order valence-corrected chi connectivity index (χ1v) is 12.0. The summed E-state index contributed by atoms with van der Waals surface area (Å²) in [6.45, 7) is 7.48. The maximum Gasteiger partial charge on any atom is 0.261 e. The van der Waals surface area contributed by atoms with E-state index in [-0.39, 0.29) is 5.04 Å². The zero-order chi connectivity index (χ0) is 20.7. The number of aliphatic hydroxyl groups is 1. The van der Waals surface area contributed by atoms with Crippen LogP contribution in [0.15, 0.2) is 60.7 Å². The molecule has 6 heteroatoms. The number of aliphatic hydroxyl groups excluding tert-OH is 1. The Labute approximate surface area is 173 Å². The zero-order valence-corrected chi connectivity index (χ0v) is 18.5. The van der Waals surface area contributed by atoms with E-state index in [2.05, 4.69) is 69.3 Å². The van der Waals surface area contributed by atoms with Gasteiger partial charge in [-0.3, -0.25) is 0 Å². The molecule has 1 N–H and O–H groups in total. The number of benzene rings is 2. The Bertz CT molecular complexity index is 783. The SMILES string of the molecule is CO[C@@H]1O[C@@]2(CO[Si](c3ccccc3)(c3ccccc3)C(C)(C)C)CO[C@H]2[C@H]1O. The molecule has 2 aromatic carbocycles. The van der Waals surface area contributed by atoms with Crippen LogP contribution in [0.2, 0.25) is 5.04 Å². The van der Waals surface area contributed by atoms with Gasteiger partial charge in [0.1, 0.15) is 17.8 Å². The summed E-state index contributed by atoms with van der Waals surface area (Å²) in [7, 11) is -1.13. The fourth-order valence-corrected chi connectivity index (χ4v) is 9.27. The molecule has 0 unspecified atom stereocenters. The Kier molecular flexibility index (Phi) is 5.44. The average Bonchev–Trinajstić information content (AvgIpc) is 2.88. The monoisotopic (exact) mass is 414 g/mol. The highest BCUT2D eigenvalue weighted by Gasteiger charge is 2.64. The summed E-state index contributed by atoms with van der Waals surface area (Å²) in [5.41, 5.74) is -0.673. The third-order valence-corrected chi connectivity index (χ3v) is 11.1. The summed E-state index contributed by atoms with van der Waals surface area (Å²) >= 11 is 0. The van der Waals surface area contributed by atoms with E-state index in [4.69, 9.17) is 18.6 Å². The van der Waals surface area contributed by atoms with Gasteiger partial charge in [0.2, 0.25) is 0 Å². The zero-order valence-electron chi connectivity index (χ0n) is 17.5. The van der Waals surface area contributed by atoms with Gasteiger partial charge < -0.3 is 23.7 Å². The van der Waals surface area contributed by atoms with Crippen molar-refractivity contribution in [2.45, 2.75) is 49.9 Å². The van der Waals surface area contributed by atoms with E-state index in [0.717, 1.165) is 0 Å². The summed E-state index contributed by atoms with van der Waals surface area (Å²) < 4.78 is 24.0. The molecule has 5 nitrogen and oxygen atoms in total. The number of ether oxygens (including phenoxy) is 3. The molecule has 4 rings (SSSR count). The summed E-state index contributed by atoms with van der Waals surface area (Å²) in [6, 6.07) is 21.0. The second-order valence-electron chi connectivity index (χ2n) is 8.96. The Morgan fingerprint density at radius 1 is 1.03 bits per heavy atom. The van der Waals surface area contributed by atoms with Crippen LogP contribution in [-0.4, -0.2) is 57.8 Å². The predicted octanol–water partition coefficient (Wildman–Crippen LogP) is 2.06. The van der Waals surface area contributed by atoms with Crippen molar-refractivity contribution in [3.63, 3.8) is 0 Å². The molecular weight excluding hydrogens is 384 g/mol. The fourth-order valence-electron chi connectivity index (χ4n) is 4.66. The van der Waals surface area contributed by atoms with Crippen LogP contribution in [0.4, 0.5) is 0 Å². The van der Waals surface area contributed by atoms with Crippen molar-refractivity contribution in [3.8, 4) is 0 Å². The molecule has 2 aromatic rings. The van der Waals surface area contributed by atoms with E-state index >= 15 is 0 Å². The number of hydrogen-bond donors (Lipinski definition) is 1. The van der Waals surface area contributed by atoms with Crippen molar-refractivity contribution < 1.29 is 23.7 Å². The molecule has 0 aromatic heterocycles. The summed E-state index contributed by atoms with van der Waals surface area (Å²) in [6.07, 6.45) is -1.92. The van der Waals surface area contributed by atoms with Crippen LogP contribution in [0.1, 0.15) is 20.8 Å². The molecule has 0 aliphatic carbocycles. The lowest BCUT2D eigenvalue weighted by molar-refractivity contribution is -0.256. The second-order valence-corrected chi connectivity index (χ2v) is 13.3. The quantitative estimate of drug-likeness (QED) is 0.734. The molecular formula is C23H30O5Si. The van der Waals surface area contributed by atoms with Gasteiger partial charge in [-0.1, -0.05) is 81.4 Å². The highest BCUT2D eigenvalue weighted by molar-refractivity contribution is 6.99. The third-order valence-electron chi connectivity index (χ3n) is 6.15. The molecule has 2 aliphatic rings. The van der Waals surface area contributed by atoms with Crippen molar-refractivity contribution in [2.24, 2.45) is 0 Å². The Morgan fingerprint density at radius 3 is 2.00 bits per heavy atom. The van der Waals surface area contributed by atoms with Crippen LogP contribution in [0.3, 0.4) is 0 Å². The van der Waals surface area contributed by atoms with Gasteiger partial charge in [-0.2, -0.15) is 0 Å². The molecule has 0 saturated carbocycles. The number of rotatable bonds is 6. The Balaban J connectivity index is 1.74. The molecule has 0 bridgehead atoms. The molecule has 0 spiro atoms. The number of fused-ring (bicyclic) bond motifs is 1. The van der Waals surface area contributed by atoms with Crippen LogP contribution in [0.25, 0.3) is 0 Å². The first kappa shape index (κ1) is 20.7. The van der Waals surface area contributed by atoms with Gasteiger partial charge in [-0.25, -0.2) is 0 Å². The summed E-state index contributed by atoms with van der Waals surface area (Å²) in [4.78, 5) is 0. The first-order chi connectivity index (χ1) is 13.8. The standard InChI is InChI=1S/C23H30O5Si/c1-22(2,3)29(17-11-7-5-8-12-17,18-13-9-6-10-14-18)27-16-23-15-26-20(23)19(24)21(25-4)28-23/h5-14,19-21,24H,15-16H2,1-4H3/t19-,20+,21-,23-/m1/s1. The van der Waals surface area contributed by atoms with Gasteiger partial charge in [0.15, 0.2) is 6.29 Å². The molecule has 2 heterocycles. The van der Waals surface area contributed by atoms with E-state index < -0.39 is 32.4 Å². The van der Waals surface area contributed by atoms with Crippen LogP contribution < -0.4 is 10.4 Å². The first-order valence-electron chi connectivity index (χ1n) is 10.1. The Hall–Kier alpha value is -1.54. The van der Waals surface area contributed by atoms with Crippen LogP contribution in [0, 0.1) is 0 Å². The molecule has 2 saturated heterocycles. The van der Waals surface area contributed by atoms with Crippen LogP contribution in [-0.2, 0) is 18.6 Å². The smallest absolute Gasteiger partial charge is 0.261 e. The minimum absolute atomic E-state index is 0.121. The van der Waals surface area contributed by atoms with Gasteiger partial charge in [-0.15, -0.1) is 0 Å². The molecule has 2 aliphatic heterocycles. The van der Waals surface area contributed by atoms with Gasteiger partial charge in [-0.05, 0) is 15.4 Å². The van der Waals surface area contributed by atoms with Gasteiger partial charge in [0, 0.05) is 7.11 Å². The lowest BCUT2D eigenvalue weighted by atomic mass is 9.92. The normalized spacial score (nSPS) is 29.3. The highest BCUT2D eigenvalue weighted by Crippen LogP contribution is 2.44. The fraction of sp³-hybridized carbons (Fsp3) is 0.478. The topological polar surface area (TPSA) is 57.2 Å². The predicted molar refractivity (Wildman–Crippen MR) is 114 cm³/mol. The van der Waals surface area contributed by atoms with E-state index in [1.165, 1.54) is 17.5 Å². The lowest BCUT2D eigenvalue weighted by Crippen LogP contribution is -2.70. The minimum atomic E-state index is -2.67. The highest BCUT2D eigenvalue weighted by atomic mass is 28.4. The van der Waals surface area contributed by atoms with Crippen molar-refractivity contribution in [1.82, 2.24) is 0 Å². The van der Waals surface area contributed by atoms with Crippen LogP contribution in [0.5, 0.6) is 0 Å². The van der Waals surface area contributed by atoms with Gasteiger partial charge >= 0.3 is 0 Å². The van der Waals surface area contributed by atoms with Crippen molar-refractivity contribution in [2.75, 3.05) is 20.3 Å². The van der Waals surface area contributed by atoms with E-state index in [0.29, 0.717) is 13.2 Å². The Morgan fingerprint density at radius 2 is 1.59 bits per heavy atom. The molecule has 2 fully saturated rings. The van der Waals surface area contributed by atoms with Crippen molar-refractivity contribution in [3.05, 3.63) is 60.7 Å². The second kappa shape index (κ2) is 7.61. The van der Waals surface area contributed by atoms with Gasteiger partial charge in [0.05, 0.1) is 13.2 Å². The molecule has 0 amide bonds. The molecule has 29 heavy (non-hydrogen) atoms. The number of hydrogen-bond acceptors (Lipinski definition) is 5. The minimum Gasteiger partial charge on any atom is -0.404 e. The maximum atomic E-state index is 10.4. The lowest BCUT2D eigenvalue weighted by Gasteiger charge is -2.48. The average molecular weight is 415 g/mol. The number of methoxy groups -OCH3 is 1. The van der Waals surface area contributed by atoms with E-state index in [1.54, 1.807) is 0 Å². The molecule has 4 atom stereocenters. The van der Waals surface area contributed by atoms with E-state index in [9.17, 15) is 5.11 Å². The van der Waals surface area contributed by atoms with Crippen molar-refractivity contribution in [1.29, 1.82) is 0 Å². The summed E-state index contributed by atoms with van der Waals surface area (Å²) in [5.74, 6) is 0. The third kappa shape index (κ3) is 3.28. The van der Waals surface area contributed by atoms with Gasteiger partial charge in [0.25, 0.3) is 8.32 Å². The van der Waals surface area contributed by atoms with Crippen LogP contribution >= 0.6 is 0 Å². The summed E-state index contributed by atoms with van der Waals surface area (Å²) in [5, 5.41) is 12.8. The van der Waals surface area contributed by atoms with E-state index in [1.807, 2.05) is 12.1 Å². The molecule has 0 radical (unpaired) electrons. The maximum absolute atomic E-state index is 10.4. The van der Waals surface area contributed by atoms with Crippen molar-refractivity contribution >= 4 is 18.7 Å². The molecule has 156 valence electrons. The largest absolute Gasteiger partial charge is 0.404 e.